The van der Waals surface area contributed by atoms with E-state index >= 15 is 0 Å². The summed E-state index contributed by atoms with van der Waals surface area (Å²) in [5, 5.41) is 24.5. The number of pyridine rings is 1. The van der Waals surface area contributed by atoms with Crippen molar-refractivity contribution in [3.8, 4) is 6.07 Å². The molecule has 0 atom stereocenters. The van der Waals surface area contributed by atoms with Crippen molar-refractivity contribution >= 4 is 22.8 Å². The zero-order valence-electron chi connectivity index (χ0n) is 9.87. The summed E-state index contributed by atoms with van der Waals surface area (Å²) in [4.78, 5) is 15.5. The SMILES string of the molecule is N#Cc1cnc(NCCc2cccs2)c([N+](=O)[O-])c1. The number of hydrogen-bond acceptors (Lipinski definition) is 6. The largest absolute Gasteiger partial charge is 0.364 e. The molecule has 2 rings (SSSR count). The van der Waals surface area contributed by atoms with Crippen molar-refractivity contribution in [2.45, 2.75) is 6.42 Å². The molecular formula is C12H10N4O2S. The minimum absolute atomic E-state index is 0.176. The zero-order chi connectivity index (χ0) is 13.7. The Hall–Kier alpha value is -2.46. The molecule has 6 nitrogen and oxygen atoms in total. The van der Waals surface area contributed by atoms with Gasteiger partial charge in [-0.15, -0.1) is 11.3 Å². The molecule has 2 heterocycles. The van der Waals surface area contributed by atoms with E-state index in [9.17, 15) is 10.1 Å². The molecule has 0 aliphatic heterocycles. The molecule has 0 unspecified atom stereocenters. The van der Waals surface area contributed by atoms with E-state index in [1.165, 1.54) is 17.1 Å². The number of rotatable bonds is 5. The standard InChI is InChI=1S/C12H10N4O2S/c13-7-9-6-11(16(17)18)12(15-8-9)14-4-3-10-2-1-5-19-10/h1-2,5-6,8H,3-4H2,(H,14,15). The lowest BCUT2D eigenvalue weighted by Gasteiger charge is -2.05. The van der Waals surface area contributed by atoms with Crippen LogP contribution >= 0.6 is 11.3 Å². The fourth-order valence-corrected chi connectivity index (χ4v) is 2.26. The van der Waals surface area contributed by atoms with Gasteiger partial charge in [-0.3, -0.25) is 10.1 Å². The monoisotopic (exact) mass is 274 g/mol. The van der Waals surface area contributed by atoms with Gasteiger partial charge < -0.3 is 5.32 Å². The molecule has 1 N–H and O–H groups in total. The van der Waals surface area contributed by atoms with Gasteiger partial charge in [0.1, 0.15) is 6.07 Å². The number of nitrogens with one attached hydrogen (secondary N) is 1. The highest BCUT2D eigenvalue weighted by atomic mass is 32.1. The number of hydrogen-bond donors (Lipinski definition) is 1. The minimum atomic E-state index is -0.540. The van der Waals surface area contributed by atoms with E-state index in [0.717, 1.165) is 6.42 Å². The predicted molar refractivity (Wildman–Crippen MR) is 72.1 cm³/mol. The van der Waals surface area contributed by atoms with Gasteiger partial charge in [-0.05, 0) is 17.9 Å². The van der Waals surface area contributed by atoms with Gasteiger partial charge in [0.05, 0.1) is 10.5 Å². The van der Waals surface area contributed by atoms with Crippen molar-refractivity contribution in [3.63, 3.8) is 0 Å². The summed E-state index contributed by atoms with van der Waals surface area (Å²) in [5.41, 5.74) is 0.000682. The lowest BCUT2D eigenvalue weighted by molar-refractivity contribution is -0.384. The van der Waals surface area contributed by atoms with Crippen molar-refractivity contribution in [2.75, 3.05) is 11.9 Å². The third kappa shape index (κ3) is 3.26. The first-order chi connectivity index (χ1) is 9.20. The Morgan fingerprint density at radius 1 is 1.58 bits per heavy atom. The molecule has 0 aliphatic carbocycles. The molecule has 7 heteroatoms. The number of nitro groups is 1. The van der Waals surface area contributed by atoms with Crippen LogP contribution in [0.5, 0.6) is 0 Å². The summed E-state index contributed by atoms with van der Waals surface area (Å²) in [6.45, 7) is 0.556. The Balaban J connectivity index is 2.07. The molecule has 0 saturated heterocycles. The molecule has 96 valence electrons. The zero-order valence-corrected chi connectivity index (χ0v) is 10.7. The summed E-state index contributed by atoms with van der Waals surface area (Å²) in [5.74, 6) is 0.195. The number of anilines is 1. The average molecular weight is 274 g/mol. The molecule has 0 aromatic carbocycles. The van der Waals surface area contributed by atoms with E-state index in [1.807, 2.05) is 23.6 Å². The van der Waals surface area contributed by atoms with Crippen molar-refractivity contribution in [2.24, 2.45) is 0 Å². The smallest absolute Gasteiger partial charge is 0.312 e. The van der Waals surface area contributed by atoms with Crippen LogP contribution in [0.25, 0.3) is 0 Å². The predicted octanol–water partition coefficient (Wildman–Crippen LogP) is 2.58. The molecule has 19 heavy (non-hydrogen) atoms. The summed E-state index contributed by atoms with van der Waals surface area (Å²) in [6.07, 6.45) is 2.09. The first kappa shape index (κ1) is 13.0. The van der Waals surface area contributed by atoms with E-state index in [1.54, 1.807) is 11.3 Å². The van der Waals surface area contributed by atoms with Crippen LogP contribution in [0.4, 0.5) is 11.5 Å². The molecule has 0 amide bonds. The van der Waals surface area contributed by atoms with Crippen molar-refractivity contribution < 1.29 is 4.92 Å². The lowest BCUT2D eigenvalue weighted by atomic mass is 10.2. The van der Waals surface area contributed by atoms with Gasteiger partial charge in [-0.1, -0.05) is 6.07 Å². The highest BCUT2D eigenvalue weighted by Gasteiger charge is 2.15. The van der Waals surface area contributed by atoms with Gasteiger partial charge in [0.2, 0.25) is 5.82 Å². The third-order valence-electron chi connectivity index (χ3n) is 2.44. The van der Waals surface area contributed by atoms with Crippen LogP contribution in [0.2, 0.25) is 0 Å². The topological polar surface area (TPSA) is 91.8 Å². The van der Waals surface area contributed by atoms with E-state index in [2.05, 4.69) is 10.3 Å². The number of thiophene rings is 1. The van der Waals surface area contributed by atoms with Crippen LogP contribution in [0, 0.1) is 21.4 Å². The summed E-state index contributed by atoms with van der Waals surface area (Å²) >= 11 is 1.64. The lowest BCUT2D eigenvalue weighted by Crippen LogP contribution is -2.08. The average Bonchev–Trinajstić information content (AvgIpc) is 2.92. The minimum Gasteiger partial charge on any atom is -0.364 e. The fourth-order valence-electron chi connectivity index (χ4n) is 1.55. The fraction of sp³-hybridized carbons (Fsp3) is 0.167. The Morgan fingerprint density at radius 2 is 2.42 bits per heavy atom. The van der Waals surface area contributed by atoms with Crippen LogP contribution in [0.15, 0.2) is 29.8 Å². The second-order valence-corrected chi connectivity index (χ2v) is 4.75. The van der Waals surface area contributed by atoms with Crippen LogP contribution < -0.4 is 5.32 Å². The van der Waals surface area contributed by atoms with Gasteiger partial charge in [0.15, 0.2) is 0 Å². The normalized spacial score (nSPS) is 9.84. The molecule has 0 radical (unpaired) electrons. The van der Waals surface area contributed by atoms with Gasteiger partial charge in [0.25, 0.3) is 0 Å². The van der Waals surface area contributed by atoms with Crippen molar-refractivity contribution in [1.29, 1.82) is 5.26 Å². The first-order valence-corrected chi connectivity index (χ1v) is 6.39. The molecule has 0 spiro atoms. The van der Waals surface area contributed by atoms with E-state index in [4.69, 9.17) is 5.26 Å². The molecule has 0 saturated carbocycles. The summed E-state index contributed by atoms with van der Waals surface area (Å²) in [7, 11) is 0. The van der Waals surface area contributed by atoms with Gasteiger partial charge in [-0.25, -0.2) is 4.98 Å². The van der Waals surface area contributed by atoms with Gasteiger partial charge in [0, 0.05) is 23.7 Å². The van der Waals surface area contributed by atoms with Crippen molar-refractivity contribution in [3.05, 3.63) is 50.3 Å². The Labute approximate surface area is 113 Å². The maximum Gasteiger partial charge on any atom is 0.312 e. The molecule has 0 bridgehead atoms. The molecule has 2 aromatic heterocycles. The second kappa shape index (κ2) is 5.93. The Morgan fingerprint density at radius 3 is 3.05 bits per heavy atom. The molecule has 0 aliphatic rings. The van der Waals surface area contributed by atoms with E-state index < -0.39 is 4.92 Å². The molecule has 0 fully saturated rings. The van der Waals surface area contributed by atoms with Crippen LogP contribution in [0.1, 0.15) is 10.4 Å². The highest BCUT2D eigenvalue weighted by molar-refractivity contribution is 7.09. The maximum atomic E-state index is 10.9. The second-order valence-electron chi connectivity index (χ2n) is 3.72. The third-order valence-corrected chi connectivity index (χ3v) is 3.37. The summed E-state index contributed by atoms with van der Waals surface area (Å²) in [6, 6.07) is 7.03. The number of aromatic nitrogens is 1. The van der Waals surface area contributed by atoms with E-state index in [-0.39, 0.29) is 17.1 Å². The highest BCUT2D eigenvalue weighted by Crippen LogP contribution is 2.22. The Bertz CT molecular complexity index is 619. The van der Waals surface area contributed by atoms with Crippen molar-refractivity contribution in [1.82, 2.24) is 4.98 Å². The first-order valence-electron chi connectivity index (χ1n) is 5.51. The quantitative estimate of drug-likeness (QED) is 0.668. The molecular weight excluding hydrogens is 264 g/mol. The van der Waals surface area contributed by atoms with Crippen LogP contribution in [-0.4, -0.2) is 16.5 Å². The number of nitriles is 1. The summed E-state index contributed by atoms with van der Waals surface area (Å²) < 4.78 is 0. The van der Waals surface area contributed by atoms with Crippen LogP contribution in [-0.2, 0) is 6.42 Å². The van der Waals surface area contributed by atoms with Gasteiger partial charge >= 0.3 is 5.69 Å². The molecule has 2 aromatic rings. The number of nitrogens with zero attached hydrogens (tertiary/aromatic N) is 3. The maximum absolute atomic E-state index is 10.9. The van der Waals surface area contributed by atoms with Gasteiger partial charge in [-0.2, -0.15) is 5.26 Å². The van der Waals surface area contributed by atoms with Crippen LogP contribution in [0.3, 0.4) is 0 Å². The Kier molecular flexibility index (Phi) is 4.05. The van der Waals surface area contributed by atoms with E-state index in [0.29, 0.717) is 6.54 Å².